The van der Waals surface area contributed by atoms with Crippen LogP contribution in [0.1, 0.15) is 62.1 Å². The average molecular weight is 279 g/mol. The van der Waals surface area contributed by atoms with Crippen molar-refractivity contribution < 1.29 is 9.53 Å². The third-order valence-electron chi connectivity index (χ3n) is 4.31. The first-order valence-electron chi connectivity index (χ1n) is 7.41. The number of carbonyl (C=O) groups is 1. The summed E-state index contributed by atoms with van der Waals surface area (Å²) < 4.78 is 7.29. The molecule has 0 radical (unpaired) electrons. The first kappa shape index (κ1) is 15.0. The standard InChI is InChI=1S/C15H25N3O2/c1-5-11(2)18-12(3)13(10-16-18)14(19)17-15(4)6-8-20-9-7-15/h10-11H,5-9H2,1-4H3,(H,17,19). The smallest absolute Gasteiger partial charge is 0.255 e. The van der Waals surface area contributed by atoms with E-state index >= 15 is 0 Å². The summed E-state index contributed by atoms with van der Waals surface area (Å²) in [6.07, 6.45) is 4.40. The molecule has 20 heavy (non-hydrogen) atoms. The van der Waals surface area contributed by atoms with E-state index in [1.54, 1.807) is 6.20 Å². The Morgan fingerprint density at radius 2 is 2.20 bits per heavy atom. The molecule has 1 aliphatic rings. The summed E-state index contributed by atoms with van der Waals surface area (Å²) in [6.45, 7) is 9.70. The van der Waals surface area contributed by atoms with Gasteiger partial charge in [0.25, 0.3) is 5.91 Å². The number of hydrogen-bond acceptors (Lipinski definition) is 3. The lowest BCUT2D eigenvalue weighted by Crippen LogP contribution is -2.49. The van der Waals surface area contributed by atoms with E-state index in [1.807, 2.05) is 11.6 Å². The van der Waals surface area contributed by atoms with Gasteiger partial charge < -0.3 is 10.1 Å². The van der Waals surface area contributed by atoms with Crippen LogP contribution < -0.4 is 5.32 Å². The van der Waals surface area contributed by atoms with E-state index in [2.05, 4.69) is 31.2 Å². The van der Waals surface area contributed by atoms with Gasteiger partial charge in [-0.1, -0.05) is 6.92 Å². The highest BCUT2D eigenvalue weighted by Crippen LogP contribution is 2.21. The second kappa shape index (κ2) is 5.95. The van der Waals surface area contributed by atoms with Crippen molar-refractivity contribution in [2.75, 3.05) is 13.2 Å². The van der Waals surface area contributed by atoms with Crippen LogP contribution in [0.2, 0.25) is 0 Å². The molecule has 1 aliphatic heterocycles. The molecule has 2 heterocycles. The fraction of sp³-hybridized carbons (Fsp3) is 0.733. The van der Waals surface area contributed by atoms with Crippen LogP contribution in [0.15, 0.2) is 6.20 Å². The number of aromatic nitrogens is 2. The van der Waals surface area contributed by atoms with Crippen LogP contribution in [-0.4, -0.2) is 34.4 Å². The lowest BCUT2D eigenvalue weighted by Gasteiger charge is -2.34. The van der Waals surface area contributed by atoms with Crippen LogP contribution in [0.25, 0.3) is 0 Å². The normalized spacial score (nSPS) is 19.6. The molecule has 1 aromatic heterocycles. The molecule has 1 fully saturated rings. The van der Waals surface area contributed by atoms with E-state index in [-0.39, 0.29) is 11.4 Å². The van der Waals surface area contributed by atoms with Crippen molar-refractivity contribution in [3.05, 3.63) is 17.5 Å². The van der Waals surface area contributed by atoms with Crippen LogP contribution in [0.3, 0.4) is 0 Å². The van der Waals surface area contributed by atoms with E-state index in [0.29, 0.717) is 24.8 Å². The highest BCUT2D eigenvalue weighted by Gasteiger charge is 2.30. The summed E-state index contributed by atoms with van der Waals surface area (Å²) in [5.74, 6) is -0.0264. The van der Waals surface area contributed by atoms with E-state index in [9.17, 15) is 4.79 Å². The van der Waals surface area contributed by atoms with E-state index in [0.717, 1.165) is 25.0 Å². The molecule has 5 heteroatoms. The molecule has 5 nitrogen and oxygen atoms in total. The van der Waals surface area contributed by atoms with E-state index < -0.39 is 0 Å². The molecular formula is C15H25N3O2. The lowest BCUT2D eigenvalue weighted by atomic mass is 9.92. The molecule has 1 amide bonds. The van der Waals surface area contributed by atoms with Crippen molar-refractivity contribution in [2.45, 2.75) is 58.5 Å². The zero-order valence-electron chi connectivity index (χ0n) is 12.9. The molecule has 1 unspecified atom stereocenters. The minimum Gasteiger partial charge on any atom is -0.381 e. The van der Waals surface area contributed by atoms with Crippen molar-refractivity contribution in [1.82, 2.24) is 15.1 Å². The van der Waals surface area contributed by atoms with E-state index in [1.165, 1.54) is 0 Å². The first-order chi connectivity index (χ1) is 9.47. The summed E-state index contributed by atoms with van der Waals surface area (Å²) in [5, 5.41) is 7.50. The maximum Gasteiger partial charge on any atom is 0.255 e. The molecule has 0 spiro atoms. The van der Waals surface area contributed by atoms with Crippen molar-refractivity contribution in [3.63, 3.8) is 0 Å². The highest BCUT2D eigenvalue weighted by atomic mass is 16.5. The Labute approximate surface area is 120 Å². The van der Waals surface area contributed by atoms with Crippen molar-refractivity contribution in [2.24, 2.45) is 0 Å². The molecule has 0 aromatic carbocycles. The third kappa shape index (κ3) is 3.03. The topological polar surface area (TPSA) is 56.2 Å². The van der Waals surface area contributed by atoms with Gasteiger partial charge in [0.15, 0.2) is 0 Å². The Kier molecular flexibility index (Phi) is 4.48. The minimum atomic E-state index is -0.166. The maximum atomic E-state index is 12.5. The summed E-state index contributed by atoms with van der Waals surface area (Å²) in [7, 11) is 0. The summed E-state index contributed by atoms with van der Waals surface area (Å²) in [5.41, 5.74) is 1.45. The summed E-state index contributed by atoms with van der Waals surface area (Å²) in [4.78, 5) is 12.5. The van der Waals surface area contributed by atoms with Gasteiger partial charge in [-0.15, -0.1) is 0 Å². The number of carbonyl (C=O) groups excluding carboxylic acids is 1. The Morgan fingerprint density at radius 3 is 2.80 bits per heavy atom. The fourth-order valence-electron chi connectivity index (χ4n) is 2.55. The van der Waals surface area contributed by atoms with Gasteiger partial charge in [0.05, 0.1) is 11.8 Å². The van der Waals surface area contributed by atoms with E-state index in [4.69, 9.17) is 4.74 Å². The zero-order chi connectivity index (χ0) is 14.8. The largest absolute Gasteiger partial charge is 0.381 e. The number of amides is 1. The van der Waals surface area contributed by atoms with Crippen LogP contribution in [0, 0.1) is 6.92 Å². The van der Waals surface area contributed by atoms with Crippen LogP contribution >= 0.6 is 0 Å². The Morgan fingerprint density at radius 1 is 1.55 bits per heavy atom. The van der Waals surface area contributed by atoms with Crippen molar-refractivity contribution in [3.8, 4) is 0 Å². The molecular weight excluding hydrogens is 254 g/mol. The predicted octanol–water partition coefficient (Wildman–Crippen LogP) is 2.46. The highest BCUT2D eigenvalue weighted by molar-refractivity contribution is 5.95. The third-order valence-corrected chi connectivity index (χ3v) is 4.31. The molecule has 1 saturated heterocycles. The number of nitrogens with zero attached hydrogens (tertiary/aromatic N) is 2. The molecule has 112 valence electrons. The predicted molar refractivity (Wildman–Crippen MR) is 77.9 cm³/mol. The summed E-state index contributed by atoms with van der Waals surface area (Å²) >= 11 is 0. The summed E-state index contributed by atoms with van der Waals surface area (Å²) in [6, 6.07) is 0.315. The molecule has 1 atom stereocenters. The first-order valence-corrected chi connectivity index (χ1v) is 7.41. The monoisotopic (exact) mass is 279 g/mol. The molecule has 0 saturated carbocycles. The van der Waals surface area contributed by atoms with Crippen molar-refractivity contribution >= 4 is 5.91 Å². The molecule has 1 aromatic rings. The molecule has 1 N–H and O–H groups in total. The van der Waals surface area contributed by atoms with Gasteiger partial charge in [-0.3, -0.25) is 9.48 Å². The molecule has 0 bridgehead atoms. The van der Waals surface area contributed by atoms with Gasteiger partial charge in [-0.2, -0.15) is 5.10 Å². The van der Waals surface area contributed by atoms with Gasteiger partial charge in [0, 0.05) is 30.5 Å². The lowest BCUT2D eigenvalue weighted by molar-refractivity contribution is 0.0422. The molecule has 0 aliphatic carbocycles. The van der Waals surface area contributed by atoms with Gasteiger partial charge in [0.2, 0.25) is 0 Å². The van der Waals surface area contributed by atoms with Crippen LogP contribution in [0.5, 0.6) is 0 Å². The van der Waals surface area contributed by atoms with Gasteiger partial charge in [0.1, 0.15) is 0 Å². The van der Waals surface area contributed by atoms with Crippen molar-refractivity contribution in [1.29, 1.82) is 0 Å². The Hall–Kier alpha value is -1.36. The van der Waals surface area contributed by atoms with Crippen LogP contribution in [0.4, 0.5) is 0 Å². The second-order valence-electron chi connectivity index (χ2n) is 5.97. The Bertz CT molecular complexity index is 475. The number of ether oxygens (including phenoxy) is 1. The SMILES string of the molecule is CCC(C)n1ncc(C(=O)NC2(C)CCOCC2)c1C. The Balaban J connectivity index is 2.11. The number of nitrogens with one attached hydrogen (secondary N) is 1. The second-order valence-corrected chi connectivity index (χ2v) is 5.97. The van der Waals surface area contributed by atoms with Crippen LogP contribution in [-0.2, 0) is 4.74 Å². The number of hydrogen-bond donors (Lipinski definition) is 1. The fourth-order valence-corrected chi connectivity index (χ4v) is 2.55. The van der Waals surface area contributed by atoms with Gasteiger partial charge in [-0.05, 0) is 40.0 Å². The minimum absolute atomic E-state index is 0.0264. The van der Waals surface area contributed by atoms with Gasteiger partial charge in [-0.25, -0.2) is 0 Å². The number of rotatable bonds is 4. The quantitative estimate of drug-likeness (QED) is 0.921. The average Bonchev–Trinajstić information content (AvgIpc) is 2.80. The zero-order valence-corrected chi connectivity index (χ0v) is 12.9. The van der Waals surface area contributed by atoms with Gasteiger partial charge >= 0.3 is 0 Å². The molecule has 2 rings (SSSR count). The maximum absolute atomic E-state index is 12.5.